The predicted octanol–water partition coefficient (Wildman–Crippen LogP) is 1.50. The van der Waals surface area contributed by atoms with E-state index >= 15 is 0 Å². The first-order chi connectivity index (χ1) is 11.2. The molecule has 2 amide bonds. The van der Waals surface area contributed by atoms with E-state index in [0.29, 0.717) is 13.0 Å². The SMILES string of the molecule is C[C@]1(NC(=O)[C@@H]2CC(=O)N(c3cccc(Br)c3)C2)CCS(=O)(=O)C1. The van der Waals surface area contributed by atoms with Crippen molar-refractivity contribution in [2.45, 2.75) is 25.3 Å². The Bertz CT molecular complexity index is 795. The smallest absolute Gasteiger partial charge is 0.227 e. The third-order valence-electron chi connectivity index (χ3n) is 4.54. The molecule has 0 aliphatic carbocycles. The third kappa shape index (κ3) is 3.64. The molecule has 0 unspecified atom stereocenters. The van der Waals surface area contributed by atoms with E-state index in [1.165, 1.54) is 0 Å². The molecule has 2 saturated heterocycles. The van der Waals surface area contributed by atoms with E-state index in [9.17, 15) is 18.0 Å². The fourth-order valence-electron chi connectivity index (χ4n) is 3.29. The van der Waals surface area contributed by atoms with Gasteiger partial charge in [0, 0.05) is 23.1 Å². The molecule has 8 heteroatoms. The van der Waals surface area contributed by atoms with Crippen LogP contribution >= 0.6 is 15.9 Å². The van der Waals surface area contributed by atoms with Crippen molar-refractivity contribution < 1.29 is 18.0 Å². The summed E-state index contributed by atoms with van der Waals surface area (Å²) in [5.41, 5.74) is 0.0154. The number of anilines is 1. The summed E-state index contributed by atoms with van der Waals surface area (Å²) in [6.07, 6.45) is 0.554. The summed E-state index contributed by atoms with van der Waals surface area (Å²) in [5.74, 6) is -0.756. The Morgan fingerprint density at radius 1 is 1.42 bits per heavy atom. The highest BCUT2D eigenvalue weighted by atomic mass is 79.9. The summed E-state index contributed by atoms with van der Waals surface area (Å²) < 4.78 is 24.2. The van der Waals surface area contributed by atoms with E-state index < -0.39 is 21.3 Å². The number of amides is 2. The largest absolute Gasteiger partial charge is 0.350 e. The third-order valence-corrected chi connectivity index (χ3v) is 6.94. The molecule has 1 aromatic carbocycles. The number of nitrogens with one attached hydrogen (secondary N) is 1. The summed E-state index contributed by atoms with van der Waals surface area (Å²) in [7, 11) is -3.09. The molecule has 24 heavy (non-hydrogen) atoms. The predicted molar refractivity (Wildman–Crippen MR) is 94.4 cm³/mol. The Morgan fingerprint density at radius 2 is 2.17 bits per heavy atom. The zero-order valence-electron chi connectivity index (χ0n) is 13.3. The standard InChI is InChI=1S/C16H19BrN2O4S/c1-16(5-6-24(22,23)10-16)18-15(21)11-7-14(20)19(9-11)13-4-2-3-12(17)8-13/h2-4,8,11H,5-7,9-10H2,1H3,(H,18,21)/t11-,16+/m1/s1. The van der Waals surface area contributed by atoms with Gasteiger partial charge in [0.25, 0.3) is 0 Å². The quantitative estimate of drug-likeness (QED) is 0.811. The van der Waals surface area contributed by atoms with Gasteiger partial charge in [-0.05, 0) is 31.5 Å². The molecule has 2 fully saturated rings. The Balaban J connectivity index is 1.68. The van der Waals surface area contributed by atoms with Gasteiger partial charge in [0.15, 0.2) is 9.84 Å². The number of carbonyl (C=O) groups is 2. The summed E-state index contributed by atoms with van der Waals surface area (Å²) in [5, 5.41) is 2.85. The highest BCUT2D eigenvalue weighted by Crippen LogP contribution is 2.29. The molecule has 2 aliphatic rings. The van der Waals surface area contributed by atoms with E-state index in [-0.39, 0.29) is 29.7 Å². The van der Waals surface area contributed by atoms with Crippen molar-refractivity contribution in [1.29, 1.82) is 0 Å². The van der Waals surface area contributed by atoms with Crippen molar-refractivity contribution in [2.24, 2.45) is 5.92 Å². The normalized spacial score (nSPS) is 29.0. The minimum Gasteiger partial charge on any atom is -0.350 e. The first-order valence-electron chi connectivity index (χ1n) is 7.76. The number of halogens is 1. The molecule has 1 N–H and O–H groups in total. The average molecular weight is 415 g/mol. The second kappa shape index (κ2) is 6.15. The van der Waals surface area contributed by atoms with Gasteiger partial charge >= 0.3 is 0 Å². The first kappa shape index (κ1) is 17.4. The molecule has 0 radical (unpaired) electrons. The number of hydrogen-bond acceptors (Lipinski definition) is 4. The van der Waals surface area contributed by atoms with Gasteiger partial charge in [-0.15, -0.1) is 0 Å². The Kier molecular flexibility index (Phi) is 4.46. The summed E-state index contributed by atoms with van der Waals surface area (Å²) in [4.78, 5) is 26.4. The highest BCUT2D eigenvalue weighted by Gasteiger charge is 2.42. The molecule has 3 rings (SSSR count). The lowest BCUT2D eigenvalue weighted by Crippen LogP contribution is -2.49. The second-order valence-electron chi connectivity index (χ2n) is 6.78. The molecule has 2 atom stereocenters. The molecule has 130 valence electrons. The maximum atomic E-state index is 12.5. The van der Waals surface area contributed by atoms with Gasteiger partial charge in [0.1, 0.15) is 0 Å². The molecule has 0 saturated carbocycles. The molecule has 6 nitrogen and oxygen atoms in total. The van der Waals surface area contributed by atoms with Gasteiger partial charge in [-0.1, -0.05) is 22.0 Å². The van der Waals surface area contributed by atoms with Crippen LogP contribution < -0.4 is 10.2 Å². The molecular weight excluding hydrogens is 396 g/mol. The van der Waals surface area contributed by atoms with Crippen molar-refractivity contribution in [3.63, 3.8) is 0 Å². The van der Waals surface area contributed by atoms with Gasteiger partial charge < -0.3 is 10.2 Å². The monoisotopic (exact) mass is 414 g/mol. The molecule has 1 aromatic rings. The van der Waals surface area contributed by atoms with Crippen LogP contribution in [0.3, 0.4) is 0 Å². The van der Waals surface area contributed by atoms with E-state index in [1.54, 1.807) is 11.8 Å². The second-order valence-corrected chi connectivity index (χ2v) is 9.88. The Labute approximate surface area is 149 Å². The lowest BCUT2D eigenvalue weighted by Gasteiger charge is -2.25. The van der Waals surface area contributed by atoms with Gasteiger partial charge in [0.2, 0.25) is 11.8 Å². The van der Waals surface area contributed by atoms with Gasteiger partial charge in [0.05, 0.1) is 23.0 Å². The van der Waals surface area contributed by atoms with Crippen molar-refractivity contribution in [2.75, 3.05) is 23.0 Å². The Hall–Kier alpha value is -1.41. The van der Waals surface area contributed by atoms with Crippen LogP contribution in [0.5, 0.6) is 0 Å². The summed E-state index contributed by atoms with van der Waals surface area (Å²) >= 11 is 3.38. The van der Waals surface area contributed by atoms with E-state index in [0.717, 1.165) is 10.2 Å². The summed E-state index contributed by atoms with van der Waals surface area (Å²) in [6, 6.07) is 7.37. The average Bonchev–Trinajstić information content (AvgIpc) is 2.99. The molecule has 0 bridgehead atoms. The van der Waals surface area contributed by atoms with Crippen LogP contribution in [-0.4, -0.2) is 43.8 Å². The van der Waals surface area contributed by atoms with Crippen LogP contribution in [0.25, 0.3) is 0 Å². The van der Waals surface area contributed by atoms with E-state index in [4.69, 9.17) is 0 Å². The van der Waals surface area contributed by atoms with Crippen LogP contribution in [0, 0.1) is 5.92 Å². The number of carbonyl (C=O) groups excluding carboxylic acids is 2. The topological polar surface area (TPSA) is 83.6 Å². The minimum absolute atomic E-state index is 0.0399. The minimum atomic E-state index is -3.09. The van der Waals surface area contributed by atoms with Crippen molar-refractivity contribution in [3.8, 4) is 0 Å². The fourth-order valence-corrected chi connectivity index (χ4v) is 5.77. The van der Waals surface area contributed by atoms with Crippen LogP contribution in [-0.2, 0) is 19.4 Å². The van der Waals surface area contributed by atoms with Gasteiger partial charge in [-0.2, -0.15) is 0 Å². The number of rotatable bonds is 3. The van der Waals surface area contributed by atoms with E-state index in [1.807, 2.05) is 24.3 Å². The van der Waals surface area contributed by atoms with Crippen molar-refractivity contribution in [3.05, 3.63) is 28.7 Å². The van der Waals surface area contributed by atoms with Crippen molar-refractivity contribution in [1.82, 2.24) is 5.32 Å². The zero-order chi connectivity index (χ0) is 17.5. The lowest BCUT2D eigenvalue weighted by atomic mass is 9.99. The fraction of sp³-hybridized carbons (Fsp3) is 0.500. The van der Waals surface area contributed by atoms with Crippen LogP contribution in [0.15, 0.2) is 28.7 Å². The maximum absolute atomic E-state index is 12.5. The highest BCUT2D eigenvalue weighted by molar-refractivity contribution is 9.10. The van der Waals surface area contributed by atoms with Gasteiger partial charge in [-0.25, -0.2) is 8.42 Å². The molecule has 2 aliphatic heterocycles. The number of hydrogen-bond donors (Lipinski definition) is 1. The van der Waals surface area contributed by atoms with Gasteiger partial charge in [-0.3, -0.25) is 9.59 Å². The maximum Gasteiger partial charge on any atom is 0.227 e. The number of benzene rings is 1. The van der Waals surface area contributed by atoms with Crippen LogP contribution in [0.2, 0.25) is 0 Å². The van der Waals surface area contributed by atoms with Crippen LogP contribution in [0.1, 0.15) is 19.8 Å². The molecule has 0 aromatic heterocycles. The first-order valence-corrected chi connectivity index (χ1v) is 10.4. The zero-order valence-corrected chi connectivity index (χ0v) is 15.7. The van der Waals surface area contributed by atoms with Crippen molar-refractivity contribution >= 4 is 43.3 Å². The molecular formula is C16H19BrN2O4S. The Morgan fingerprint density at radius 3 is 2.79 bits per heavy atom. The number of nitrogens with zero attached hydrogens (tertiary/aromatic N) is 1. The molecule has 0 spiro atoms. The van der Waals surface area contributed by atoms with Crippen LogP contribution in [0.4, 0.5) is 5.69 Å². The lowest BCUT2D eigenvalue weighted by molar-refractivity contribution is -0.127. The van der Waals surface area contributed by atoms with E-state index in [2.05, 4.69) is 21.2 Å². The molecule has 2 heterocycles. The number of sulfone groups is 1. The summed E-state index contributed by atoms with van der Waals surface area (Å²) in [6.45, 7) is 2.06.